The number of nitrogens with one attached hydrogen (secondary N) is 1. The Morgan fingerprint density at radius 1 is 1.29 bits per heavy atom. The van der Waals surface area contributed by atoms with Crippen LogP contribution >= 0.6 is 0 Å². The number of anilines is 1. The number of hydrogen-bond donors (Lipinski definition) is 2. The van der Waals surface area contributed by atoms with Crippen LogP contribution in [0.15, 0.2) is 18.2 Å². The monoisotopic (exact) mass is 494 g/mol. The van der Waals surface area contributed by atoms with Crippen LogP contribution in [0.4, 0.5) is 19.7 Å². The normalized spacial score (nSPS) is 19.8. The summed E-state index contributed by atoms with van der Waals surface area (Å²) in [5.41, 5.74) is 6.10. The second-order valence-corrected chi connectivity index (χ2v) is 9.95. The maximum Gasteiger partial charge on any atom is 0.414 e. The first-order chi connectivity index (χ1) is 16.4. The molecule has 0 radical (unpaired) electrons. The molecule has 2 heterocycles. The molecule has 2 fully saturated rings. The van der Waals surface area contributed by atoms with Crippen molar-refractivity contribution in [1.29, 1.82) is 0 Å². The van der Waals surface area contributed by atoms with E-state index in [2.05, 4.69) is 5.32 Å². The predicted octanol–water partition coefficient (Wildman–Crippen LogP) is 2.64. The number of amides is 3. The van der Waals surface area contributed by atoms with Gasteiger partial charge in [-0.2, -0.15) is 0 Å². The molecular formula is C24H35FN4O6. The second-order valence-electron chi connectivity index (χ2n) is 9.95. The van der Waals surface area contributed by atoms with Gasteiger partial charge < -0.3 is 30.2 Å². The number of nitrogens with zero attached hydrogens (tertiary/aromatic N) is 2. The third-order valence-corrected chi connectivity index (χ3v) is 5.91. The Hall–Kier alpha value is -3.08. The summed E-state index contributed by atoms with van der Waals surface area (Å²) in [5, 5.41) is 2.60. The van der Waals surface area contributed by atoms with Gasteiger partial charge in [0.05, 0.1) is 18.8 Å². The van der Waals surface area contributed by atoms with Crippen molar-refractivity contribution in [3.8, 4) is 5.75 Å². The number of carbonyl (C=O) groups excluding carboxylic acids is 3. The van der Waals surface area contributed by atoms with Crippen molar-refractivity contribution in [2.45, 2.75) is 58.3 Å². The number of benzene rings is 1. The zero-order valence-electron chi connectivity index (χ0n) is 20.7. The fourth-order valence-corrected chi connectivity index (χ4v) is 4.03. The van der Waals surface area contributed by atoms with E-state index >= 15 is 0 Å². The van der Waals surface area contributed by atoms with Gasteiger partial charge in [0.1, 0.15) is 18.3 Å². The van der Waals surface area contributed by atoms with Crippen LogP contribution in [0.2, 0.25) is 0 Å². The second kappa shape index (κ2) is 11.1. The van der Waals surface area contributed by atoms with Crippen molar-refractivity contribution in [3.05, 3.63) is 24.0 Å². The van der Waals surface area contributed by atoms with Crippen molar-refractivity contribution < 1.29 is 33.0 Å². The first-order valence-corrected chi connectivity index (χ1v) is 11.8. The summed E-state index contributed by atoms with van der Waals surface area (Å²) in [4.78, 5) is 38.4. The highest BCUT2D eigenvalue weighted by atomic mass is 19.1. The number of rotatable bonds is 7. The van der Waals surface area contributed by atoms with Crippen molar-refractivity contribution in [1.82, 2.24) is 10.2 Å². The van der Waals surface area contributed by atoms with Crippen LogP contribution in [-0.2, 0) is 14.3 Å². The molecule has 1 unspecified atom stereocenters. The molecule has 0 aliphatic carbocycles. The summed E-state index contributed by atoms with van der Waals surface area (Å²) in [6, 6.07) is 3.92. The topological polar surface area (TPSA) is 123 Å². The van der Waals surface area contributed by atoms with Gasteiger partial charge >= 0.3 is 12.2 Å². The molecular weight excluding hydrogens is 459 g/mol. The van der Waals surface area contributed by atoms with E-state index in [0.29, 0.717) is 31.6 Å². The highest BCUT2D eigenvalue weighted by Crippen LogP contribution is 2.28. The smallest absolute Gasteiger partial charge is 0.414 e. The van der Waals surface area contributed by atoms with E-state index in [1.165, 1.54) is 24.0 Å². The number of hydrogen-bond acceptors (Lipinski definition) is 7. The zero-order valence-corrected chi connectivity index (χ0v) is 20.7. The molecule has 1 aromatic carbocycles. The molecule has 10 nitrogen and oxygen atoms in total. The summed E-state index contributed by atoms with van der Waals surface area (Å²) in [6.45, 7) is 8.48. The number of ether oxygens (including phenoxy) is 3. The lowest BCUT2D eigenvalue weighted by molar-refractivity contribution is -0.119. The molecule has 2 saturated heterocycles. The maximum absolute atomic E-state index is 14.7. The number of piperidine rings is 1. The molecule has 0 aromatic heterocycles. The van der Waals surface area contributed by atoms with E-state index in [4.69, 9.17) is 19.9 Å². The Kier molecular flexibility index (Phi) is 8.42. The summed E-state index contributed by atoms with van der Waals surface area (Å²) in [5.74, 6) is -0.667. The summed E-state index contributed by atoms with van der Waals surface area (Å²) in [6.07, 6.45) is -0.0198. The van der Waals surface area contributed by atoms with Crippen LogP contribution in [0, 0.1) is 11.7 Å². The Morgan fingerprint density at radius 3 is 2.57 bits per heavy atom. The van der Waals surface area contributed by atoms with Crippen molar-refractivity contribution in [2.24, 2.45) is 11.7 Å². The van der Waals surface area contributed by atoms with E-state index < -0.39 is 23.6 Å². The van der Waals surface area contributed by atoms with E-state index in [-0.39, 0.29) is 49.4 Å². The Labute approximate surface area is 204 Å². The van der Waals surface area contributed by atoms with Gasteiger partial charge in [-0.25, -0.2) is 14.0 Å². The Bertz CT molecular complexity index is 929. The minimum Gasteiger partial charge on any atom is -0.489 e. The van der Waals surface area contributed by atoms with Crippen LogP contribution in [0.25, 0.3) is 0 Å². The van der Waals surface area contributed by atoms with Crippen LogP contribution in [-0.4, -0.2) is 73.5 Å². The van der Waals surface area contributed by atoms with Crippen molar-refractivity contribution >= 4 is 23.8 Å². The number of halogens is 1. The summed E-state index contributed by atoms with van der Waals surface area (Å²) >= 11 is 0. The molecule has 0 bridgehead atoms. The van der Waals surface area contributed by atoms with Gasteiger partial charge in [-0.3, -0.25) is 9.69 Å². The average molecular weight is 495 g/mol. The molecule has 0 saturated carbocycles. The van der Waals surface area contributed by atoms with Gasteiger partial charge in [0.15, 0.2) is 11.6 Å². The van der Waals surface area contributed by atoms with Gasteiger partial charge in [0.2, 0.25) is 5.91 Å². The lowest BCUT2D eigenvalue weighted by Crippen LogP contribution is -2.46. The maximum atomic E-state index is 14.7. The fraction of sp³-hybridized carbons (Fsp3) is 0.625. The summed E-state index contributed by atoms with van der Waals surface area (Å²) in [7, 11) is 0. The minimum atomic E-state index is -0.618. The molecule has 1 aromatic rings. The van der Waals surface area contributed by atoms with Gasteiger partial charge in [-0.05, 0) is 51.7 Å². The molecule has 3 amide bonds. The number of nitrogens with two attached hydrogens (primary N) is 1. The zero-order chi connectivity index (χ0) is 25.8. The van der Waals surface area contributed by atoms with Crippen LogP contribution < -0.4 is 20.7 Å². The van der Waals surface area contributed by atoms with Crippen LogP contribution in [0.5, 0.6) is 5.75 Å². The highest BCUT2D eigenvalue weighted by molar-refractivity contribution is 5.90. The first kappa shape index (κ1) is 26.5. The molecule has 2 aliphatic heterocycles. The summed E-state index contributed by atoms with van der Waals surface area (Å²) < 4.78 is 30.9. The third-order valence-electron chi connectivity index (χ3n) is 5.91. The molecule has 11 heteroatoms. The Balaban J connectivity index is 1.48. The molecule has 2 atom stereocenters. The van der Waals surface area contributed by atoms with Gasteiger partial charge in [0, 0.05) is 32.1 Å². The van der Waals surface area contributed by atoms with Crippen molar-refractivity contribution in [3.63, 3.8) is 0 Å². The van der Waals surface area contributed by atoms with E-state index in [9.17, 15) is 18.8 Å². The largest absolute Gasteiger partial charge is 0.489 e. The van der Waals surface area contributed by atoms with Gasteiger partial charge in [0.25, 0.3) is 0 Å². The third kappa shape index (κ3) is 7.45. The van der Waals surface area contributed by atoms with Gasteiger partial charge in [-0.1, -0.05) is 0 Å². The number of carbonyl (C=O) groups is 3. The predicted molar refractivity (Wildman–Crippen MR) is 127 cm³/mol. The molecule has 3 rings (SSSR count). The van der Waals surface area contributed by atoms with Gasteiger partial charge in [-0.15, -0.1) is 0 Å². The quantitative estimate of drug-likeness (QED) is 0.597. The molecule has 3 N–H and O–H groups in total. The minimum absolute atomic E-state index is 0.0396. The lowest BCUT2D eigenvalue weighted by Gasteiger charge is -2.35. The highest BCUT2D eigenvalue weighted by Gasteiger charge is 2.33. The van der Waals surface area contributed by atoms with E-state index in [0.717, 1.165) is 0 Å². The molecule has 0 spiro atoms. The van der Waals surface area contributed by atoms with Crippen LogP contribution in [0.1, 0.15) is 40.5 Å². The van der Waals surface area contributed by atoms with E-state index in [1.807, 2.05) is 20.8 Å². The van der Waals surface area contributed by atoms with Crippen molar-refractivity contribution in [2.75, 3.05) is 37.7 Å². The lowest BCUT2D eigenvalue weighted by atomic mass is 9.90. The van der Waals surface area contributed by atoms with E-state index in [1.54, 1.807) is 11.0 Å². The molecule has 2 aliphatic rings. The average Bonchev–Trinajstić information content (AvgIpc) is 3.16. The first-order valence-electron chi connectivity index (χ1n) is 11.8. The standard InChI is InChI=1S/C24H35FN4O6/c1-15(30)27-12-18-13-29(23(32)34-18)17-5-6-21(19(25)11-17)33-14-20(26)16-7-9-28(10-8-16)22(31)35-24(2,3)4/h5-6,11,16,18,20H,7-10,12-14,26H2,1-4H3,(H,27,30)/t18-,20?/m0/s1. The molecule has 194 valence electrons. The fourth-order valence-electron chi connectivity index (χ4n) is 4.03. The molecule has 35 heavy (non-hydrogen) atoms. The number of likely N-dealkylation sites (tertiary alicyclic amines) is 1. The Morgan fingerprint density at radius 2 is 1.97 bits per heavy atom. The number of cyclic esters (lactones) is 1. The van der Waals surface area contributed by atoms with Crippen LogP contribution in [0.3, 0.4) is 0 Å². The SMILES string of the molecule is CC(=O)NC[C@H]1CN(c2ccc(OCC(N)C3CCN(C(=O)OC(C)(C)C)CC3)c(F)c2)C(=O)O1.